The summed E-state index contributed by atoms with van der Waals surface area (Å²) in [5.41, 5.74) is 0.0632. The zero-order valence-electron chi connectivity index (χ0n) is 15.4. The Bertz CT molecular complexity index is 832. The molecule has 2 aliphatic rings. The lowest BCUT2D eigenvalue weighted by molar-refractivity contribution is -0.145. The highest BCUT2D eigenvalue weighted by atomic mass is 19.1. The second-order valence-corrected chi connectivity index (χ2v) is 7.29. The zero-order valence-corrected chi connectivity index (χ0v) is 15.4. The third-order valence-electron chi connectivity index (χ3n) is 5.63. The number of ether oxygens (including phenoxy) is 1. The van der Waals surface area contributed by atoms with E-state index in [1.54, 1.807) is 42.6 Å². The van der Waals surface area contributed by atoms with Crippen molar-refractivity contribution in [2.24, 2.45) is 5.41 Å². The standard InChI is InChI=1S/C20H23FN4O2/c1-27-16-4-5-17(21)15(12-16)13-24-10-2-6-20(18(24)26)7-11-25(14-20)19-22-8-3-9-23-19/h3-5,8-9,12H,2,6-7,10-11,13-14H2,1H3/t20-/m0/s1. The average molecular weight is 370 g/mol. The number of rotatable bonds is 4. The molecule has 1 amide bonds. The summed E-state index contributed by atoms with van der Waals surface area (Å²) in [6.45, 7) is 2.30. The van der Waals surface area contributed by atoms with Crippen molar-refractivity contribution in [2.75, 3.05) is 31.6 Å². The van der Waals surface area contributed by atoms with E-state index in [9.17, 15) is 9.18 Å². The Balaban J connectivity index is 1.52. The Labute approximate surface area is 158 Å². The van der Waals surface area contributed by atoms with Crippen LogP contribution in [0.4, 0.5) is 10.3 Å². The largest absolute Gasteiger partial charge is 0.497 e. The third kappa shape index (κ3) is 3.34. The lowest BCUT2D eigenvalue weighted by Crippen LogP contribution is -2.49. The van der Waals surface area contributed by atoms with Crippen LogP contribution in [-0.4, -0.2) is 47.5 Å². The highest BCUT2D eigenvalue weighted by Gasteiger charge is 2.48. The van der Waals surface area contributed by atoms with Crippen molar-refractivity contribution in [3.8, 4) is 5.75 Å². The van der Waals surface area contributed by atoms with Crippen LogP contribution in [0.15, 0.2) is 36.7 Å². The van der Waals surface area contributed by atoms with Crippen molar-refractivity contribution in [3.05, 3.63) is 48.0 Å². The first-order valence-electron chi connectivity index (χ1n) is 9.25. The van der Waals surface area contributed by atoms with Gasteiger partial charge in [-0.2, -0.15) is 0 Å². The Morgan fingerprint density at radius 2 is 2.04 bits per heavy atom. The van der Waals surface area contributed by atoms with Gasteiger partial charge in [-0.15, -0.1) is 0 Å². The van der Waals surface area contributed by atoms with Crippen molar-refractivity contribution in [2.45, 2.75) is 25.8 Å². The van der Waals surface area contributed by atoms with Crippen LogP contribution in [0, 0.1) is 11.2 Å². The molecule has 1 spiro atoms. The Hall–Kier alpha value is -2.70. The fourth-order valence-corrected chi connectivity index (χ4v) is 4.18. The van der Waals surface area contributed by atoms with E-state index < -0.39 is 5.41 Å². The Morgan fingerprint density at radius 1 is 1.22 bits per heavy atom. The fraction of sp³-hybridized carbons (Fsp3) is 0.450. The molecule has 4 rings (SSSR count). The minimum Gasteiger partial charge on any atom is -0.497 e. The number of piperidine rings is 1. The van der Waals surface area contributed by atoms with Crippen molar-refractivity contribution < 1.29 is 13.9 Å². The predicted octanol–water partition coefficient (Wildman–Crippen LogP) is 2.64. The molecule has 1 atom stereocenters. The quantitative estimate of drug-likeness (QED) is 0.828. The van der Waals surface area contributed by atoms with E-state index in [1.807, 2.05) is 0 Å². The molecule has 0 aliphatic carbocycles. The van der Waals surface area contributed by atoms with Gasteiger partial charge in [0.25, 0.3) is 0 Å². The molecule has 0 N–H and O–H groups in total. The van der Waals surface area contributed by atoms with Crippen LogP contribution in [0.5, 0.6) is 5.75 Å². The fourth-order valence-electron chi connectivity index (χ4n) is 4.18. The normalized spacial score (nSPS) is 22.5. The monoisotopic (exact) mass is 370 g/mol. The number of carbonyl (C=O) groups is 1. The summed E-state index contributed by atoms with van der Waals surface area (Å²) < 4.78 is 19.4. The highest BCUT2D eigenvalue weighted by molar-refractivity contribution is 5.85. The van der Waals surface area contributed by atoms with E-state index in [2.05, 4.69) is 14.9 Å². The molecule has 0 radical (unpaired) electrons. The van der Waals surface area contributed by atoms with Gasteiger partial charge in [0.1, 0.15) is 11.6 Å². The molecular formula is C20H23FN4O2. The number of aromatic nitrogens is 2. The van der Waals surface area contributed by atoms with Crippen molar-refractivity contribution in [1.29, 1.82) is 0 Å². The topological polar surface area (TPSA) is 58.6 Å². The van der Waals surface area contributed by atoms with E-state index in [0.717, 1.165) is 25.8 Å². The number of amides is 1. The number of methoxy groups -OCH3 is 1. The van der Waals surface area contributed by atoms with Gasteiger partial charge in [0.15, 0.2) is 0 Å². The van der Waals surface area contributed by atoms with Gasteiger partial charge in [0.2, 0.25) is 11.9 Å². The number of benzene rings is 1. The molecule has 27 heavy (non-hydrogen) atoms. The average Bonchev–Trinajstić information content (AvgIpc) is 3.13. The van der Waals surface area contributed by atoms with Gasteiger partial charge in [0.05, 0.1) is 12.5 Å². The zero-order chi connectivity index (χ0) is 18.9. The number of likely N-dealkylation sites (tertiary alicyclic amines) is 1. The first-order valence-corrected chi connectivity index (χ1v) is 9.25. The van der Waals surface area contributed by atoms with Gasteiger partial charge >= 0.3 is 0 Å². The SMILES string of the molecule is COc1ccc(F)c(CN2CCC[C@@]3(CCN(c4ncccn4)C3)C2=O)c1. The highest BCUT2D eigenvalue weighted by Crippen LogP contribution is 2.41. The Kier molecular flexibility index (Phi) is 4.68. The second kappa shape index (κ2) is 7.13. The maximum absolute atomic E-state index is 14.2. The van der Waals surface area contributed by atoms with Gasteiger partial charge in [-0.05, 0) is 43.5 Å². The van der Waals surface area contributed by atoms with Crippen LogP contribution in [0.3, 0.4) is 0 Å². The molecule has 0 saturated carbocycles. The van der Waals surface area contributed by atoms with E-state index in [4.69, 9.17) is 4.74 Å². The number of carbonyl (C=O) groups excluding carboxylic acids is 1. The molecule has 1 aromatic carbocycles. The number of anilines is 1. The van der Waals surface area contributed by atoms with E-state index in [-0.39, 0.29) is 18.3 Å². The summed E-state index contributed by atoms with van der Waals surface area (Å²) >= 11 is 0. The summed E-state index contributed by atoms with van der Waals surface area (Å²) in [5.74, 6) is 1.06. The van der Waals surface area contributed by atoms with Crippen molar-refractivity contribution >= 4 is 11.9 Å². The van der Waals surface area contributed by atoms with Gasteiger partial charge in [0, 0.05) is 44.1 Å². The van der Waals surface area contributed by atoms with Crippen LogP contribution in [0.25, 0.3) is 0 Å². The molecular weight excluding hydrogens is 347 g/mol. The van der Waals surface area contributed by atoms with Gasteiger partial charge in [-0.3, -0.25) is 4.79 Å². The lowest BCUT2D eigenvalue weighted by Gasteiger charge is -2.39. The molecule has 1 aromatic heterocycles. The number of hydrogen-bond acceptors (Lipinski definition) is 5. The van der Waals surface area contributed by atoms with Crippen LogP contribution in [0.1, 0.15) is 24.8 Å². The first kappa shape index (κ1) is 17.7. The Morgan fingerprint density at radius 3 is 2.81 bits per heavy atom. The lowest BCUT2D eigenvalue weighted by atomic mass is 9.78. The van der Waals surface area contributed by atoms with Crippen LogP contribution in [0.2, 0.25) is 0 Å². The van der Waals surface area contributed by atoms with E-state index in [0.29, 0.717) is 30.4 Å². The van der Waals surface area contributed by atoms with Gasteiger partial charge in [-0.25, -0.2) is 14.4 Å². The van der Waals surface area contributed by atoms with Gasteiger partial charge < -0.3 is 14.5 Å². The number of hydrogen-bond donors (Lipinski definition) is 0. The summed E-state index contributed by atoms with van der Waals surface area (Å²) in [5, 5.41) is 0. The molecule has 2 saturated heterocycles. The summed E-state index contributed by atoms with van der Waals surface area (Å²) in [6, 6.07) is 6.43. The van der Waals surface area contributed by atoms with Crippen LogP contribution >= 0.6 is 0 Å². The summed E-state index contributed by atoms with van der Waals surface area (Å²) in [7, 11) is 1.55. The molecule has 3 heterocycles. The van der Waals surface area contributed by atoms with Crippen molar-refractivity contribution in [3.63, 3.8) is 0 Å². The molecule has 2 fully saturated rings. The van der Waals surface area contributed by atoms with Crippen LogP contribution in [-0.2, 0) is 11.3 Å². The van der Waals surface area contributed by atoms with Crippen molar-refractivity contribution in [1.82, 2.24) is 14.9 Å². The smallest absolute Gasteiger partial charge is 0.230 e. The minimum absolute atomic E-state index is 0.106. The van der Waals surface area contributed by atoms with Crippen LogP contribution < -0.4 is 9.64 Å². The third-order valence-corrected chi connectivity index (χ3v) is 5.63. The molecule has 2 aliphatic heterocycles. The van der Waals surface area contributed by atoms with E-state index >= 15 is 0 Å². The summed E-state index contributed by atoms with van der Waals surface area (Å²) in [4.78, 5) is 25.8. The molecule has 6 nitrogen and oxygen atoms in total. The van der Waals surface area contributed by atoms with E-state index in [1.165, 1.54) is 6.07 Å². The molecule has 0 unspecified atom stereocenters. The summed E-state index contributed by atoms with van der Waals surface area (Å²) in [6.07, 6.45) is 5.98. The maximum Gasteiger partial charge on any atom is 0.230 e. The molecule has 0 bridgehead atoms. The number of nitrogens with zero attached hydrogens (tertiary/aromatic N) is 4. The maximum atomic E-state index is 14.2. The second-order valence-electron chi connectivity index (χ2n) is 7.29. The first-order chi connectivity index (χ1) is 13.1. The van der Waals surface area contributed by atoms with Gasteiger partial charge in [-0.1, -0.05) is 0 Å². The molecule has 7 heteroatoms. The predicted molar refractivity (Wildman–Crippen MR) is 98.9 cm³/mol. The molecule has 2 aromatic rings. The minimum atomic E-state index is -0.424. The number of halogens is 1. The molecule has 142 valence electrons.